The van der Waals surface area contributed by atoms with Gasteiger partial charge in [0.05, 0.1) is 13.2 Å². The number of carbonyl (C=O) groups is 2. The number of hydrogen-bond acceptors (Lipinski definition) is 6. The van der Waals surface area contributed by atoms with Crippen LogP contribution in [0.1, 0.15) is 34.1 Å². The predicted molar refractivity (Wildman–Crippen MR) is 119 cm³/mol. The van der Waals surface area contributed by atoms with Gasteiger partial charge < -0.3 is 15.0 Å². The zero-order chi connectivity index (χ0) is 21.3. The fraction of sp³-hybridized carbons (Fsp3) is 0.500. The largest absolute Gasteiger partial charge is 0.379 e. The highest BCUT2D eigenvalue weighted by Gasteiger charge is 2.20. The van der Waals surface area contributed by atoms with Crippen LogP contribution >= 0.6 is 11.3 Å². The molecule has 0 spiro atoms. The van der Waals surface area contributed by atoms with Crippen LogP contribution in [0, 0.1) is 6.92 Å². The second-order valence-corrected chi connectivity index (χ2v) is 8.64. The molecule has 1 aromatic carbocycles. The van der Waals surface area contributed by atoms with Crippen molar-refractivity contribution < 1.29 is 14.3 Å². The number of amides is 2. The Morgan fingerprint density at radius 1 is 1.23 bits per heavy atom. The highest BCUT2D eigenvalue weighted by Crippen LogP contribution is 2.16. The predicted octanol–water partition coefficient (Wildman–Crippen LogP) is 2.82. The molecule has 1 aromatic heterocycles. The van der Waals surface area contributed by atoms with E-state index in [1.807, 2.05) is 31.2 Å². The Morgan fingerprint density at radius 2 is 1.97 bits per heavy atom. The fourth-order valence-corrected chi connectivity index (χ4v) is 4.05. The average Bonchev–Trinajstić information content (AvgIpc) is 3.17. The first kappa shape index (κ1) is 22.4. The number of anilines is 1. The van der Waals surface area contributed by atoms with Crippen molar-refractivity contribution in [2.24, 2.45) is 0 Å². The van der Waals surface area contributed by atoms with Gasteiger partial charge in [-0.05, 0) is 37.5 Å². The van der Waals surface area contributed by atoms with Crippen LogP contribution < -0.4 is 5.32 Å². The third-order valence-corrected chi connectivity index (χ3v) is 5.93. The van der Waals surface area contributed by atoms with Crippen LogP contribution in [-0.4, -0.2) is 72.5 Å². The maximum atomic E-state index is 13.1. The van der Waals surface area contributed by atoms with Crippen LogP contribution in [0.5, 0.6) is 0 Å². The molecule has 1 aliphatic rings. The van der Waals surface area contributed by atoms with Gasteiger partial charge in [-0.1, -0.05) is 19.1 Å². The maximum absolute atomic E-state index is 13.1. The lowest BCUT2D eigenvalue weighted by Gasteiger charge is -2.28. The van der Waals surface area contributed by atoms with Gasteiger partial charge in [0.1, 0.15) is 6.54 Å². The molecule has 8 heteroatoms. The van der Waals surface area contributed by atoms with Crippen molar-refractivity contribution in [3.05, 3.63) is 46.5 Å². The summed E-state index contributed by atoms with van der Waals surface area (Å²) in [7, 11) is 0. The molecule has 2 heterocycles. The highest BCUT2D eigenvalue weighted by atomic mass is 32.1. The molecule has 0 saturated carbocycles. The van der Waals surface area contributed by atoms with Crippen LogP contribution in [0.2, 0.25) is 0 Å². The van der Waals surface area contributed by atoms with E-state index in [1.165, 1.54) is 16.9 Å². The zero-order valence-electron chi connectivity index (χ0n) is 17.7. The third-order valence-electron chi connectivity index (χ3n) is 5.10. The summed E-state index contributed by atoms with van der Waals surface area (Å²) in [4.78, 5) is 34.9. The monoisotopic (exact) mass is 430 g/mol. The van der Waals surface area contributed by atoms with Crippen LogP contribution in [0.15, 0.2) is 30.5 Å². The van der Waals surface area contributed by atoms with Gasteiger partial charge >= 0.3 is 0 Å². The summed E-state index contributed by atoms with van der Waals surface area (Å²) >= 11 is 1.42. The summed E-state index contributed by atoms with van der Waals surface area (Å²) in [6.45, 7) is 8.77. The number of carbonyl (C=O) groups excluding carboxylic acids is 2. The number of aryl methyl sites for hydroxylation is 2. The Balaban J connectivity index is 1.62. The SMILES string of the molecule is CCc1ccc(C(=O)N(CCCN2CCOCC2)CC(=O)Nc2ncc(C)s2)cc1. The quantitative estimate of drug-likeness (QED) is 0.662. The van der Waals surface area contributed by atoms with Crippen LogP contribution in [-0.2, 0) is 16.0 Å². The molecule has 0 radical (unpaired) electrons. The second-order valence-electron chi connectivity index (χ2n) is 7.41. The summed E-state index contributed by atoms with van der Waals surface area (Å²) < 4.78 is 5.39. The highest BCUT2D eigenvalue weighted by molar-refractivity contribution is 7.15. The van der Waals surface area contributed by atoms with E-state index in [0.29, 0.717) is 17.2 Å². The lowest BCUT2D eigenvalue weighted by molar-refractivity contribution is -0.116. The smallest absolute Gasteiger partial charge is 0.254 e. The first-order valence-corrected chi connectivity index (χ1v) is 11.3. The van der Waals surface area contributed by atoms with Gasteiger partial charge in [-0.15, -0.1) is 11.3 Å². The number of nitrogens with zero attached hydrogens (tertiary/aromatic N) is 3. The van der Waals surface area contributed by atoms with Gasteiger partial charge in [0, 0.05) is 42.8 Å². The van der Waals surface area contributed by atoms with E-state index >= 15 is 0 Å². The molecule has 3 rings (SSSR count). The Hall–Kier alpha value is -2.29. The molecule has 162 valence electrons. The van der Waals surface area contributed by atoms with Crippen molar-refractivity contribution in [2.45, 2.75) is 26.7 Å². The summed E-state index contributed by atoms with van der Waals surface area (Å²) in [5.74, 6) is -0.348. The first-order valence-electron chi connectivity index (χ1n) is 10.5. The Labute approximate surface area is 182 Å². The van der Waals surface area contributed by atoms with Crippen molar-refractivity contribution in [3.8, 4) is 0 Å². The summed E-state index contributed by atoms with van der Waals surface area (Å²) in [6, 6.07) is 7.63. The molecule has 1 N–H and O–H groups in total. The molecule has 1 saturated heterocycles. The number of hydrogen-bond donors (Lipinski definition) is 1. The number of nitrogens with one attached hydrogen (secondary N) is 1. The van der Waals surface area contributed by atoms with Crippen molar-refractivity contribution >= 4 is 28.3 Å². The average molecular weight is 431 g/mol. The lowest BCUT2D eigenvalue weighted by atomic mass is 10.1. The minimum atomic E-state index is -0.228. The maximum Gasteiger partial charge on any atom is 0.254 e. The number of rotatable bonds is 9. The number of aromatic nitrogens is 1. The molecule has 1 aliphatic heterocycles. The van der Waals surface area contributed by atoms with E-state index in [-0.39, 0.29) is 18.4 Å². The topological polar surface area (TPSA) is 74.8 Å². The fourth-order valence-electron chi connectivity index (χ4n) is 3.37. The Bertz CT molecular complexity index is 831. The standard InChI is InChI=1S/C22H30N4O3S/c1-3-18-5-7-19(8-6-18)21(28)26(10-4-9-25-11-13-29-14-12-25)16-20(27)24-22-23-15-17(2)30-22/h5-8,15H,3-4,9-14,16H2,1-2H3,(H,23,24,27). The van der Waals surface area contributed by atoms with E-state index in [1.54, 1.807) is 11.1 Å². The minimum absolute atomic E-state index is 0.0100. The van der Waals surface area contributed by atoms with Crippen molar-refractivity contribution in [3.63, 3.8) is 0 Å². The third kappa shape index (κ3) is 6.62. The van der Waals surface area contributed by atoms with Gasteiger partial charge in [-0.3, -0.25) is 14.5 Å². The van der Waals surface area contributed by atoms with Gasteiger partial charge in [0.2, 0.25) is 5.91 Å². The van der Waals surface area contributed by atoms with E-state index in [0.717, 1.165) is 50.6 Å². The van der Waals surface area contributed by atoms with Crippen molar-refractivity contribution in [2.75, 3.05) is 51.3 Å². The van der Waals surface area contributed by atoms with Gasteiger partial charge in [-0.2, -0.15) is 0 Å². The molecule has 0 aliphatic carbocycles. The molecule has 0 bridgehead atoms. The summed E-state index contributed by atoms with van der Waals surface area (Å²) in [6.07, 6.45) is 3.45. The van der Waals surface area contributed by atoms with E-state index in [2.05, 4.69) is 22.1 Å². The summed E-state index contributed by atoms with van der Waals surface area (Å²) in [5, 5.41) is 3.37. The molecule has 0 atom stereocenters. The van der Waals surface area contributed by atoms with E-state index < -0.39 is 0 Å². The molecule has 2 amide bonds. The van der Waals surface area contributed by atoms with Gasteiger partial charge in [-0.25, -0.2) is 4.98 Å². The van der Waals surface area contributed by atoms with Crippen molar-refractivity contribution in [1.82, 2.24) is 14.8 Å². The molecular formula is C22H30N4O3S. The number of ether oxygens (including phenoxy) is 1. The van der Waals surface area contributed by atoms with Crippen LogP contribution in [0.4, 0.5) is 5.13 Å². The zero-order valence-corrected chi connectivity index (χ0v) is 18.5. The molecule has 1 fully saturated rings. The summed E-state index contributed by atoms with van der Waals surface area (Å²) in [5.41, 5.74) is 1.79. The van der Waals surface area contributed by atoms with E-state index in [9.17, 15) is 9.59 Å². The number of benzene rings is 1. The Kier molecular flexibility index (Phi) is 8.36. The minimum Gasteiger partial charge on any atom is -0.379 e. The molecule has 7 nitrogen and oxygen atoms in total. The normalized spacial score (nSPS) is 14.5. The number of thiazole rings is 1. The molecule has 2 aromatic rings. The second kappa shape index (κ2) is 11.2. The van der Waals surface area contributed by atoms with Crippen LogP contribution in [0.3, 0.4) is 0 Å². The van der Waals surface area contributed by atoms with Gasteiger partial charge in [0.25, 0.3) is 5.91 Å². The first-order chi connectivity index (χ1) is 14.5. The Morgan fingerprint density at radius 3 is 2.60 bits per heavy atom. The van der Waals surface area contributed by atoms with Crippen molar-refractivity contribution in [1.29, 1.82) is 0 Å². The van der Waals surface area contributed by atoms with E-state index in [4.69, 9.17) is 4.74 Å². The molecule has 30 heavy (non-hydrogen) atoms. The molecular weight excluding hydrogens is 400 g/mol. The van der Waals surface area contributed by atoms with Gasteiger partial charge in [0.15, 0.2) is 5.13 Å². The lowest BCUT2D eigenvalue weighted by Crippen LogP contribution is -2.41. The number of morpholine rings is 1. The van der Waals surface area contributed by atoms with Crippen LogP contribution in [0.25, 0.3) is 0 Å². The molecule has 0 unspecified atom stereocenters.